The van der Waals surface area contributed by atoms with Gasteiger partial charge in [0.05, 0.1) is 0 Å². The van der Waals surface area contributed by atoms with Gasteiger partial charge in [-0.3, -0.25) is 14.5 Å². The summed E-state index contributed by atoms with van der Waals surface area (Å²) in [6.45, 7) is 2.90. The smallest absolute Gasteiger partial charge is 0.240 e. The molecule has 2 aromatic rings. The van der Waals surface area contributed by atoms with Crippen molar-refractivity contribution in [1.82, 2.24) is 5.32 Å². The summed E-state index contributed by atoms with van der Waals surface area (Å²) in [6, 6.07) is 10.9. The van der Waals surface area contributed by atoms with Gasteiger partial charge in [0.1, 0.15) is 23.9 Å². The minimum absolute atomic E-state index is 0.270. The number of benzene rings is 2. The molecule has 0 fully saturated rings. The average Bonchev–Trinajstić information content (AvgIpc) is 2.51. The van der Waals surface area contributed by atoms with Gasteiger partial charge in [-0.15, -0.1) is 0 Å². The van der Waals surface area contributed by atoms with Gasteiger partial charge in [0.2, 0.25) is 11.8 Å². The number of aryl methyl sites for hydroxylation is 1. The monoisotopic (exact) mass is 332 g/mol. The van der Waals surface area contributed by atoms with Crippen LogP contribution in [0, 0.1) is 18.6 Å². The van der Waals surface area contributed by atoms with Crippen LogP contribution in [0.25, 0.3) is 0 Å². The summed E-state index contributed by atoms with van der Waals surface area (Å²) in [5.74, 6) is -2.91. The molecule has 126 valence electrons. The number of amides is 2. The molecule has 0 aromatic heterocycles. The van der Waals surface area contributed by atoms with Crippen molar-refractivity contribution >= 4 is 17.5 Å². The Morgan fingerprint density at radius 1 is 1.08 bits per heavy atom. The molecule has 4 nitrogen and oxygen atoms in total. The summed E-state index contributed by atoms with van der Waals surface area (Å²) in [5.41, 5.74) is 1.44. The van der Waals surface area contributed by atoms with E-state index >= 15 is 0 Å². The van der Waals surface area contributed by atoms with E-state index in [2.05, 4.69) is 5.32 Å². The Labute approximate surface area is 139 Å². The molecule has 0 heterocycles. The first-order valence-electron chi connectivity index (χ1n) is 7.43. The third-order valence-electron chi connectivity index (χ3n) is 3.46. The number of carbonyl (C=O) groups is 2. The molecule has 1 N–H and O–H groups in total. The maximum Gasteiger partial charge on any atom is 0.240 e. The van der Waals surface area contributed by atoms with Gasteiger partial charge in [-0.2, -0.15) is 0 Å². The molecule has 0 aliphatic rings. The van der Waals surface area contributed by atoms with Crippen LogP contribution in [0.1, 0.15) is 18.1 Å². The fourth-order valence-electron chi connectivity index (χ4n) is 2.32. The first-order valence-corrected chi connectivity index (χ1v) is 7.43. The largest absolute Gasteiger partial charge is 0.350 e. The molecule has 2 aromatic carbocycles. The van der Waals surface area contributed by atoms with E-state index in [-0.39, 0.29) is 6.54 Å². The van der Waals surface area contributed by atoms with Crippen LogP contribution < -0.4 is 10.2 Å². The Bertz CT molecular complexity index is 742. The Morgan fingerprint density at radius 2 is 1.71 bits per heavy atom. The predicted molar refractivity (Wildman–Crippen MR) is 87.4 cm³/mol. The standard InChI is InChI=1S/C18H18F2N2O2/c1-12-5-3-6-14(9-12)10-21-17(24)11-22(13(2)23)18-15(19)7-4-8-16(18)20/h3-9H,10-11H2,1-2H3,(H,21,24). The van der Waals surface area contributed by atoms with Gasteiger partial charge < -0.3 is 5.32 Å². The molecule has 0 atom stereocenters. The molecular weight excluding hydrogens is 314 g/mol. The maximum absolute atomic E-state index is 13.8. The van der Waals surface area contributed by atoms with E-state index in [1.807, 2.05) is 31.2 Å². The maximum atomic E-state index is 13.8. The van der Waals surface area contributed by atoms with Crippen LogP contribution >= 0.6 is 0 Å². The topological polar surface area (TPSA) is 49.4 Å². The summed E-state index contributed by atoms with van der Waals surface area (Å²) < 4.78 is 27.7. The molecule has 0 saturated carbocycles. The summed E-state index contributed by atoms with van der Waals surface area (Å²) in [6.07, 6.45) is 0. The fourth-order valence-corrected chi connectivity index (χ4v) is 2.32. The number of nitrogens with one attached hydrogen (secondary N) is 1. The summed E-state index contributed by atoms with van der Waals surface area (Å²) in [4.78, 5) is 24.6. The fraction of sp³-hybridized carbons (Fsp3) is 0.222. The van der Waals surface area contributed by atoms with Crippen molar-refractivity contribution in [2.24, 2.45) is 0 Å². The van der Waals surface area contributed by atoms with E-state index in [1.54, 1.807) is 0 Å². The molecule has 0 radical (unpaired) electrons. The van der Waals surface area contributed by atoms with Crippen LogP contribution in [0.2, 0.25) is 0 Å². The summed E-state index contributed by atoms with van der Waals surface area (Å²) >= 11 is 0. The minimum atomic E-state index is -0.892. The minimum Gasteiger partial charge on any atom is -0.350 e. The third kappa shape index (κ3) is 4.38. The molecule has 2 amide bonds. The van der Waals surface area contributed by atoms with E-state index in [0.29, 0.717) is 0 Å². The lowest BCUT2D eigenvalue weighted by Gasteiger charge is -2.21. The molecule has 0 aliphatic heterocycles. The highest BCUT2D eigenvalue weighted by atomic mass is 19.1. The molecule has 24 heavy (non-hydrogen) atoms. The van der Waals surface area contributed by atoms with Gasteiger partial charge in [-0.1, -0.05) is 35.9 Å². The lowest BCUT2D eigenvalue weighted by molar-refractivity contribution is -0.123. The van der Waals surface area contributed by atoms with Crippen molar-refractivity contribution < 1.29 is 18.4 Å². The number of para-hydroxylation sites is 1. The zero-order valence-corrected chi connectivity index (χ0v) is 13.5. The van der Waals surface area contributed by atoms with Crippen LogP contribution in [0.5, 0.6) is 0 Å². The van der Waals surface area contributed by atoms with E-state index in [0.717, 1.165) is 35.1 Å². The van der Waals surface area contributed by atoms with Gasteiger partial charge in [0, 0.05) is 13.5 Å². The van der Waals surface area contributed by atoms with Gasteiger partial charge in [0.15, 0.2) is 0 Å². The van der Waals surface area contributed by atoms with Gasteiger partial charge in [-0.05, 0) is 24.6 Å². The van der Waals surface area contributed by atoms with Crippen molar-refractivity contribution in [2.75, 3.05) is 11.4 Å². The molecule has 6 heteroatoms. The van der Waals surface area contributed by atoms with Gasteiger partial charge in [0.25, 0.3) is 0 Å². The molecule has 0 saturated heterocycles. The number of carbonyl (C=O) groups excluding carboxylic acids is 2. The first kappa shape index (κ1) is 17.6. The van der Waals surface area contributed by atoms with E-state index in [1.165, 1.54) is 6.07 Å². The van der Waals surface area contributed by atoms with E-state index in [9.17, 15) is 18.4 Å². The normalized spacial score (nSPS) is 10.3. The van der Waals surface area contributed by atoms with Gasteiger partial charge >= 0.3 is 0 Å². The number of rotatable bonds is 5. The molecule has 2 rings (SSSR count). The summed E-state index contributed by atoms with van der Waals surface area (Å²) in [7, 11) is 0. The summed E-state index contributed by atoms with van der Waals surface area (Å²) in [5, 5.41) is 2.64. The van der Waals surface area contributed by atoms with Crippen molar-refractivity contribution in [1.29, 1.82) is 0 Å². The van der Waals surface area contributed by atoms with Crippen molar-refractivity contribution in [3.05, 3.63) is 65.2 Å². The molecule has 0 aliphatic carbocycles. The highest BCUT2D eigenvalue weighted by molar-refractivity contribution is 5.97. The number of anilines is 1. The third-order valence-corrected chi connectivity index (χ3v) is 3.46. The number of halogens is 2. The average molecular weight is 332 g/mol. The van der Waals surface area contributed by atoms with E-state index in [4.69, 9.17) is 0 Å². The van der Waals surface area contributed by atoms with Crippen LogP contribution in [-0.4, -0.2) is 18.4 Å². The number of hydrogen-bond donors (Lipinski definition) is 1. The van der Waals surface area contributed by atoms with Crippen molar-refractivity contribution in [3.63, 3.8) is 0 Å². The Kier molecular flexibility index (Phi) is 5.63. The molecular formula is C18H18F2N2O2. The van der Waals surface area contributed by atoms with Crippen molar-refractivity contribution in [2.45, 2.75) is 20.4 Å². The van der Waals surface area contributed by atoms with Crippen LogP contribution in [-0.2, 0) is 16.1 Å². The van der Waals surface area contributed by atoms with Crippen LogP contribution in [0.4, 0.5) is 14.5 Å². The second kappa shape index (κ2) is 7.68. The highest BCUT2D eigenvalue weighted by Crippen LogP contribution is 2.23. The number of hydrogen-bond acceptors (Lipinski definition) is 2. The van der Waals surface area contributed by atoms with Crippen molar-refractivity contribution in [3.8, 4) is 0 Å². The second-order valence-electron chi connectivity index (χ2n) is 5.44. The predicted octanol–water partition coefficient (Wildman–Crippen LogP) is 2.94. The number of nitrogens with zero attached hydrogens (tertiary/aromatic N) is 1. The van der Waals surface area contributed by atoms with Crippen LogP contribution in [0.15, 0.2) is 42.5 Å². The Morgan fingerprint density at radius 3 is 2.29 bits per heavy atom. The zero-order chi connectivity index (χ0) is 17.7. The quantitative estimate of drug-likeness (QED) is 0.915. The lowest BCUT2D eigenvalue weighted by Crippen LogP contribution is -2.40. The Hall–Kier alpha value is -2.76. The van der Waals surface area contributed by atoms with E-state index < -0.39 is 35.7 Å². The molecule has 0 unspecified atom stereocenters. The molecule has 0 bridgehead atoms. The zero-order valence-electron chi connectivity index (χ0n) is 13.5. The highest BCUT2D eigenvalue weighted by Gasteiger charge is 2.22. The first-order chi connectivity index (χ1) is 11.4. The van der Waals surface area contributed by atoms with Gasteiger partial charge in [-0.25, -0.2) is 8.78 Å². The van der Waals surface area contributed by atoms with Crippen LogP contribution in [0.3, 0.4) is 0 Å². The SMILES string of the molecule is CC(=O)N(CC(=O)NCc1cccc(C)c1)c1c(F)cccc1F. The molecule has 0 spiro atoms. The second-order valence-corrected chi connectivity index (χ2v) is 5.44. The Balaban J connectivity index is 2.08. The lowest BCUT2D eigenvalue weighted by atomic mass is 10.1.